The van der Waals surface area contributed by atoms with Gasteiger partial charge in [-0.1, -0.05) is 24.3 Å². The van der Waals surface area contributed by atoms with Crippen molar-refractivity contribution in [3.05, 3.63) is 69.2 Å². The Morgan fingerprint density at radius 1 is 1.03 bits per heavy atom. The van der Waals surface area contributed by atoms with E-state index in [0.29, 0.717) is 16.3 Å². The highest BCUT2D eigenvalue weighted by Crippen LogP contribution is 2.19. The van der Waals surface area contributed by atoms with E-state index in [1.807, 2.05) is 39.8 Å². The lowest BCUT2D eigenvalue weighted by Gasteiger charge is -2.11. The molecule has 2 N–H and O–H groups in total. The van der Waals surface area contributed by atoms with Crippen LogP contribution in [0.15, 0.2) is 42.5 Å². The molecule has 1 heterocycles. The summed E-state index contributed by atoms with van der Waals surface area (Å²) in [5.41, 5.74) is 3.36. The second kappa shape index (κ2) is 10.2. The molecule has 162 valence electrons. The van der Waals surface area contributed by atoms with Gasteiger partial charge in [0, 0.05) is 17.3 Å². The summed E-state index contributed by atoms with van der Waals surface area (Å²) >= 11 is 1.18. The molecule has 0 radical (unpaired) electrons. The number of ether oxygens (including phenoxy) is 1. The number of amides is 2. The Morgan fingerprint density at radius 2 is 1.71 bits per heavy atom. The van der Waals surface area contributed by atoms with E-state index in [1.165, 1.54) is 11.3 Å². The minimum Gasteiger partial charge on any atom is -0.486 e. The van der Waals surface area contributed by atoms with Gasteiger partial charge in [-0.05, 0) is 74.7 Å². The van der Waals surface area contributed by atoms with Crippen LogP contribution in [-0.2, 0) is 6.61 Å². The Hall–Kier alpha value is -3.26. The Balaban J connectivity index is 1.56. The lowest BCUT2D eigenvalue weighted by molar-refractivity contribution is 0.0938. The molecule has 0 saturated carbocycles. The Morgan fingerprint density at radius 3 is 2.35 bits per heavy atom. The molecule has 0 aliphatic heterocycles. The Bertz CT molecular complexity index is 1040. The summed E-state index contributed by atoms with van der Waals surface area (Å²) in [6.45, 7) is 8.23. The first kappa shape index (κ1) is 22.4. The fourth-order valence-electron chi connectivity index (χ4n) is 2.86. The summed E-state index contributed by atoms with van der Waals surface area (Å²) in [5.74, 6) is 0.271. The van der Waals surface area contributed by atoms with Crippen molar-refractivity contribution in [2.24, 2.45) is 0 Å². The maximum Gasteiger partial charge on any atom is 0.286 e. The molecule has 0 saturated heterocycles. The SMILES string of the molecule is CC[C@H](C)NC(=O)c1ccc(NC(=O)c2nnc(COc3cc(C)cc(C)c3)s2)cc1. The number of nitrogens with zero attached hydrogens (tertiary/aromatic N) is 2. The highest BCUT2D eigenvalue weighted by Gasteiger charge is 2.14. The van der Waals surface area contributed by atoms with Gasteiger partial charge in [0.05, 0.1) is 0 Å². The van der Waals surface area contributed by atoms with Crippen molar-refractivity contribution < 1.29 is 14.3 Å². The number of hydrogen-bond donors (Lipinski definition) is 2. The molecule has 7 nitrogen and oxygen atoms in total. The van der Waals surface area contributed by atoms with Gasteiger partial charge in [-0.2, -0.15) is 0 Å². The predicted octanol–water partition coefficient (Wildman–Crippen LogP) is 4.51. The molecular formula is C23H26N4O3S. The molecule has 0 fully saturated rings. The first-order chi connectivity index (χ1) is 14.8. The van der Waals surface area contributed by atoms with Gasteiger partial charge in [-0.3, -0.25) is 9.59 Å². The van der Waals surface area contributed by atoms with Crippen LogP contribution in [0.2, 0.25) is 0 Å². The maximum atomic E-state index is 12.5. The number of aromatic nitrogens is 2. The van der Waals surface area contributed by atoms with Crippen LogP contribution in [0.1, 0.15) is 56.6 Å². The zero-order valence-electron chi connectivity index (χ0n) is 18.1. The third-order valence-electron chi connectivity index (χ3n) is 4.61. The van der Waals surface area contributed by atoms with E-state index in [1.54, 1.807) is 24.3 Å². The van der Waals surface area contributed by atoms with Gasteiger partial charge in [0.1, 0.15) is 12.4 Å². The van der Waals surface area contributed by atoms with Gasteiger partial charge < -0.3 is 15.4 Å². The quantitative estimate of drug-likeness (QED) is 0.540. The molecule has 2 aromatic carbocycles. The van der Waals surface area contributed by atoms with Crippen molar-refractivity contribution in [1.82, 2.24) is 15.5 Å². The van der Waals surface area contributed by atoms with Crippen LogP contribution in [0.25, 0.3) is 0 Å². The second-order valence-corrected chi connectivity index (χ2v) is 8.49. The molecule has 0 spiro atoms. The third kappa shape index (κ3) is 6.36. The van der Waals surface area contributed by atoms with Gasteiger partial charge in [0.2, 0.25) is 5.01 Å². The van der Waals surface area contributed by atoms with Crippen molar-refractivity contribution in [1.29, 1.82) is 0 Å². The molecule has 3 aromatic rings. The van der Waals surface area contributed by atoms with Crippen molar-refractivity contribution in [3.8, 4) is 5.75 Å². The fourth-order valence-corrected chi connectivity index (χ4v) is 3.51. The smallest absolute Gasteiger partial charge is 0.286 e. The molecule has 31 heavy (non-hydrogen) atoms. The minimum absolute atomic E-state index is 0.109. The van der Waals surface area contributed by atoms with E-state index >= 15 is 0 Å². The third-order valence-corrected chi connectivity index (χ3v) is 5.51. The van der Waals surface area contributed by atoms with Crippen LogP contribution >= 0.6 is 11.3 Å². The highest BCUT2D eigenvalue weighted by molar-refractivity contribution is 7.13. The van der Waals surface area contributed by atoms with Gasteiger partial charge in [-0.25, -0.2) is 0 Å². The standard InChI is InChI=1S/C23H26N4O3S/c1-5-16(4)24-21(28)17-6-8-18(9-7-17)25-22(29)23-27-26-20(31-23)13-30-19-11-14(2)10-15(3)12-19/h6-12,16H,5,13H2,1-4H3,(H,24,28)(H,25,29)/t16-/m0/s1. The molecule has 0 aliphatic rings. The van der Waals surface area contributed by atoms with E-state index in [9.17, 15) is 9.59 Å². The first-order valence-electron chi connectivity index (χ1n) is 10.1. The molecule has 0 unspecified atom stereocenters. The van der Waals surface area contributed by atoms with Crippen molar-refractivity contribution >= 4 is 28.8 Å². The van der Waals surface area contributed by atoms with Crippen molar-refractivity contribution in [2.45, 2.75) is 46.8 Å². The lowest BCUT2D eigenvalue weighted by Crippen LogP contribution is -2.31. The minimum atomic E-state index is -0.355. The Labute approximate surface area is 185 Å². The average Bonchev–Trinajstić information content (AvgIpc) is 3.21. The number of rotatable bonds is 8. The fraction of sp³-hybridized carbons (Fsp3) is 0.304. The lowest BCUT2D eigenvalue weighted by atomic mass is 10.1. The van der Waals surface area contributed by atoms with Gasteiger partial charge >= 0.3 is 0 Å². The highest BCUT2D eigenvalue weighted by atomic mass is 32.1. The predicted molar refractivity (Wildman–Crippen MR) is 122 cm³/mol. The molecule has 0 aliphatic carbocycles. The van der Waals surface area contributed by atoms with E-state index in [4.69, 9.17) is 4.74 Å². The maximum absolute atomic E-state index is 12.5. The number of anilines is 1. The van der Waals surface area contributed by atoms with Crippen LogP contribution in [-0.4, -0.2) is 28.1 Å². The Kier molecular flexibility index (Phi) is 7.36. The number of aryl methyl sites for hydroxylation is 2. The summed E-state index contributed by atoms with van der Waals surface area (Å²) in [6.07, 6.45) is 0.861. The first-order valence-corrected chi connectivity index (χ1v) is 10.9. The molecular weight excluding hydrogens is 412 g/mol. The molecule has 1 aromatic heterocycles. The van der Waals surface area contributed by atoms with Crippen LogP contribution in [0.5, 0.6) is 5.75 Å². The number of benzene rings is 2. The number of carbonyl (C=O) groups is 2. The van der Waals surface area contributed by atoms with Crippen LogP contribution in [0.4, 0.5) is 5.69 Å². The average molecular weight is 439 g/mol. The zero-order chi connectivity index (χ0) is 22.4. The van der Waals surface area contributed by atoms with Crippen LogP contribution < -0.4 is 15.4 Å². The summed E-state index contributed by atoms with van der Waals surface area (Å²) < 4.78 is 5.77. The van der Waals surface area contributed by atoms with Crippen LogP contribution in [0.3, 0.4) is 0 Å². The van der Waals surface area contributed by atoms with Gasteiger partial charge in [0.25, 0.3) is 11.8 Å². The van der Waals surface area contributed by atoms with Gasteiger partial charge in [-0.15, -0.1) is 10.2 Å². The zero-order valence-corrected chi connectivity index (χ0v) is 18.9. The van der Waals surface area contributed by atoms with E-state index in [2.05, 4.69) is 26.9 Å². The summed E-state index contributed by atoms with van der Waals surface area (Å²) in [5, 5.41) is 14.5. The largest absolute Gasteiger partial charge is 0.486 e. The number of nitrogens with one attached hydrogen (secondary N) is 2. The summed E-state index contributed by atoms with van der Waals surface area (Å²) in [6, 6.07) is 12.8. The number of hydrogen-bond acceptors (Lipinski definition) is 6. The molecule has 0 bridgehead atoms. The molecule has 3 rings (SSSR count). The second-order valence-electron chi connectivity index (χ2n) is 7.43. The van der Waals surface area contributed by atoms with Crippen molar-refractivity contribution in [3.63, 3.8) is 0 Å². The summed E-state index contributed by atoms with van der Waals surface area (Å²) in [7, 11) is 0. The van der Waals surface area contributed by atoms with E-state index in [0.717, 1.165) is 23.3 Å². The van der Waals surface area contributed by atoms with E-state index in [-0.39, 0.29) is 29.5 Å². The molecule has 2 amide bonds. The topological polar surface area (TPSA) is 93.2 Å². The monoisotopic (exact) mass is 438 g/mol. The van der Waals surface area contributed by atoms with Crippen molar-refractivity contribution in [2.75, 3.05) is 5.32 Å². The molecule has 1 atom stereocenters. The summed E-state index contributed by atoms with van der Waals surface area (Å²) in [4.78, 5) is 24.6. The van der Waals surface area contributed by atoms with Gasteiger partial charge in [0.15, 0.2) is 5.01 Å². The normalized spacial score (nSPS) is 11.6. The van der Waals surface area contributed by atoms with E-state index < -0.39 is 0 Å². The molecule has 8 heteroatoms. The number of carbonyl (C=O) groups excluding carboxylic acids is 2. The van der Waals surface area contributed by atoms with Crippen LogP contribution in [0, 0.1) is 13.8 Å².